The van der Waals surface area contributed by atoms with Crippen LogP contribution in [0.4, 0.5) is 5.82 Å². The van der Waals surface area contributed by atoms with Gasteiger partial charge in [-0.05, 0) is 18.2 Å². The number of pyridine rings is 1. The molecular formula is C19H17N5O6S. The number of nitrogens with zero attached hydrogens (tertiary/aromatic N) is 4. The van der Waals surface area contributed by atoms with E-state index >= 15 is 0 Å². The van der Waals surface area contributed by atoms with Gasteiger partial charge < -0.3 is 18.7 Å². The maximum absolute atomic E-state index is 13.1. The minimum atomic E-state index is -4.07. The standard InChI is InChI=1S/C19H17N5O6S/c1-27-19-16-14(10-12(21-19)11-24-7-3-6-20-24)30-22-18(16)23-31(25,26)15-5-2-4-13-17(15)29-9-8-28-13/h2-7,10H,8-9,11H2,1H3,(H,22,23). The molecule has 0 aliphatic carbocycles. The quantitative estimate of drug-likeness (QED) is 0.476. The molecule has 1 aliphatic heterocycles. The van der Waals surface area contributed by atoms with Gasteiger partial charge in [-0.3, -0.25) is 9.40 Å². The van der Waals surface area contributed by atoms with Gasteiger partial charge in [0, 0.05) is 18.5 Å². The van der Waals surface area contributed by atoms with E-state index in [0.29, 0.717) is 35.6 Å². The van der Waals surface area contributed by atoms with Gasteiger partial charge in [-0.1, -0.05) is 11.2 Å². The smallest absolute Gasteiger partial charge is 0.266 e. The molecule has 3 aromatic heterocycles. The lowest BCUT2D eigenvalue weighted by molar-refractivity contribution is 0.167. The van der Waals surface area contributed by atoms with Crippen LogP contribution in [0.1, 0.15) is 5.69 Å². The van der Waals surface area contributed by atoms with Crippen LogP contribution in [-0.4, -0.2) is 48.7 Å². The van der Waals surface area contributed by atoms with Crippen LogP contribution in [0.2, 0.25) is 0 Å². The number of hydrogen-bond donors (Lipinski definition) is 1. The van der Waals surface area contributed by atoms with Crippen LogP contribution in [0.15, 0.2) is 52.1 Å². The highest BCUT2D eigenvalue weighted by Gasteiger charge is 2.28. The summed E-state index contributed by atoms with van der Waals surface area (Å²) >= 11 is 0. The zero-order chi connectivity index (χ0) is 21.4. The molecule has 4 aromatic rings. The second kappa shape index (κ2) is 7.47. The van der Waals surface area contributed by atoms with Crippen molar-refractivity contribution in [1.29, 1.82) is 0 Å². The predicted molar refractivity (Wildman–Crippen MR) is 108 cm³/mol. The molecule has 1 aromatic carbocycles. The molecule has 0 amide bonds. The average Bonchev–Trinajstić information content (AvgIpc) is 3.43. The molecule has 12 heteroatoms. The van der Waals surface area contributed by atoms with Crippen molar-refractivity contribution in [2.45, 2.75) is 11.4 Å². The highest BCUT2D eigenvalue weighted by Crippen LogP contribution is 2.38. The maximum Gasteiger partial charge on any atom is 0.266 e. The van der Waals surface area contributed by atoms with Crippen LogP contribution >= 0.6 is 0 Å². The number of fused-ring (bicyclic) bond motifs is 2. The molecule has 0 unspecified atom stereocenters. The van der Waals surface area contributed by atoms with Gasteiger partial charge in [-0.15, -0.1) is 0 Å². The molecular weight excluding hydrogens is 426 g/mol. The summed E-state index contributed by atoms with van der Waals surface area (Å²) in [6.07, 6.45) is 3.46. The summed E-state index contributed by atoms with van der Waals surface area (Å²) in [7, 11) is -2.63. The van der Waals surface area contributed by atoms with E-state index in [1.165, 1.54) is 13.2 Å². The number of rotatable bonds is 6. The summed E-state index contributed by atoms with van der Waals surface area (Å²) in [6.45, 7) is 0.985. The van der Waals surface area contributed by atoms with Crippen LogP contribution in [0.5, 0.6) is 17.4 Å². The van der Waals surface area contributed by atoms with E-state index in [0.717, 1.165) is 0 Å². The molecule has 1 N–H and O–H groups in total. The van der Waals surface area contributed by atoms with E-state index in [4.69, 9.17) is 18.7 Å². The second-order valence-corrected chi connectivity index (χ2v) is 8.27. The number of benzene rings is 1. The molecule has 0 radical (unpaired) electrons. The molecule has 0 saturated carbocycles. The molecule has 11 nitrogen and oxygen atoms in total. The zero-order valence-electron chi connectivity index (χ0n) is 16.3. The molecule has 1 aliphatic rings. The molecule has 4 heterocycles. The first-order valence-corrected chi connectivity index (χ1v) is 10.8. The predicted octanol–water partition coefficient (Wildman–Crippen LogP) is 2.05. The topological polar surface area (TPSA) is 131 Å². The summed E-state index contributed by atoms with van der Waals surface area (Å²) in [5.74, 6) is 0.648. The van der Waals surface area contributed by atoms with Gasteiger partial charge in [-0.2, -0.15) is 5.10 Å². The Morgan fingerprint density at radius 3 is 2.90 bits per heavy atom. The summed E-state index contributed by atoms with van der Waals surface area (Å²) < 4.78 is 52.0. The van der Waals surface area contributed by atoms with Crippen LogP contribution in [0.3, 0.4) is 0 Å². The molecule has 5 rings (SSSR count). The van der Waals surface area contributed by atoms with Crippen LogP contribution in [-0.2, 0) is 16.6 Å². The third-order valence-corrected chi connectivity index (χ3v) is 5.96. The first-order valence-electron chi connectivity index (χ1n) is 9.27. The van der Waals surface area contributed by atoms with Gasteiger partial charge in [0.15, 0.2) is 22.9 Å². The van der Waals surface area contributed by atoms with Crippen molar-refractivity contribution >= 4 is 26.8 Å². The SMILES string of the molecule is COc1nc(Cn2cccn2)cc2onc(NS(=O)(=O)c3cccc4c3OCCO4)c12. The van der Waals surface area contributed by atoms with E-state index in [9.17, 15) is 8.42 Å². The molecule has 0 spiro atoms. The number of nitrogens with one attached hydrogen (secondary N) is 1. The number of sulfonamides is 1. The third-order valence-electron chi connectivity index (χ3n) is 4.60. The highest BCUT2D eigenvalue weighted by molar-refractivity contribution is 7.92. The molecule has 0 bridgehead atoms. The zero-order valence-corrected chi connectivity index (χ0v) is 17.1. The van der Waals surface area contributed by atoms with Crippen molar-refractivity contribution in [1.82, 2.24) is 19.9 Å². The first kappa shape index (κ1) is 19.2. The monoisotopic (exact) mass is 443 g/mol. The number of aromatic nitrogens is 4. The minimum absolute atomic E-state index is 0.0423. The second-order valence-electron chi connectivity index (χ2n) is 6.62. The van der Waals surface area contributed by atoms with Gasteiger partial charge in [0.2, 0.25) is 5.88 Å². The normalized spacial score (nSPS) is 13.3. The van der Waals surface area contributed by atoms with E-state index in [1.807, 2.05) is 0 Å². The minimum Gasteiger partial charge on any atom is -0.486 e. The fourth-order valence-electron chi connectivity index (χ4n) is 3.28. The summed E-state index contributed by atoms with van der Waals surface area (Å²) in [5.41, 5.74) is 0.933. The summed E-state index contributed by atoms with van der Waals surface area (Å²) in [6, 6.07) is 8.11. The van der Waals surface area contributed by atoms with Crippen molar-refractivity contribution in [3.05, 3.63) is 48.4 Å². The Kier molecular flexibility index (Phi) is 4.62. The fraction of sp³-hybridized carbons (Fsp3) is 0.211. The highest BCUT2D eigenvalue weighted by atomic mass is 32.2. The number of ether oxygens (including phenoxy) is 3. The van der Waals surface area contributed by atoms with E-state index < -0.39 is 10.0 Å². The van der Waals surface area contributed by atoms with Gasteiger partial charge in [0.05, 0.1) is 19.3 Å². The number of para-hydroxylation sites is 1. The van der Waals surface area contributed by atoms with Gasteiger partial charge in [-0.25, -0.2) is 13.4 Å². The molecule has 160 valence electrons. The molecule has 31 heavy (non-hydrogen) atoms. The lowest BCUT2D eigenvalue weighted by Crippen LogP contribution is -2.20. The number of methoxy groups -OCH3 is 1. The molecule has 0 atom stereocenters. The van der Waals surface area contributed by atoms with Crippen molar-refractivity contribution in [2.24, 2.45) is 0 Å². The average molecular weight is 443 g/mol. The Balaban J connectivity index is 1.52. The van der Waals surface area contributed by atoms with E-state index in [1.54, 1.807) is 41.3 Å². The van der Waals surface area contributed by atoms with Gasteiger partial charge >= 0.3 is 0 Å². The van der Waals surface area contributed by atoms with Crippen molar-refractivity contribution < 1.29 is 27.2 Å². The van der Waals surface area contributed by atoms with Crippen LogP contribution < -0.4 is 18.9 Å². The Bertz CT molecular complexity index is 1350. The Morgan fingerprint density at radius 1 is 1.23 bits per heavy atom. The van der Waals surface area contributed by atoms with E-state index in [2.05, 4.69) is 20.0 Å². The third kappa shape index (κ3) is 3.50. The number of anilines is 1. The van der Waals surface area contributed by atoms with E-state index in [-0.39, 0.29) is 28.9 Å². The Morgan fingerprint density at radius 2 is 2.10 bits per heavy atom. The lowest BCUT2D eigenvalue weighted by Gasteiger charge is -2.20. The fourth-order valence-corrected chi connectivity index (χ4v) is 4.44. The summed E-state index contributed by atoms with van der Waals surface area (Å²) in [5, 5.41) is 8.33. The molecule has 0 saturated heterocycles. The van der Waals surface area contributed by atoms with Crippen LogP contribution in [0, 0.1) is 0 Å². The largest absolute Gasteiger partial charge is 0.486 e. The number of hydrogen-bond acceptors (Lipinski definition) is 9. The first-order chi connectivity index (χ1) is 15.0. The lowest BCUT2D eigenvalue weighted by atomic mass is 10.2. The van der Waals surface area contributed by atoms with Crippen molar-refractivity contribution in [3.8, 4) is 17.4 Å². The summed E-state index contributed by atoms with van der Waals surface area (Å²) in [4.78, 5) is 4.37. The van der Waals surface area contributed by atoms with Crippen LogP contribution in [0.25, 0.3) is 11.0 Å². The Hall–Kier alpha value is -3.80. The van der Waals surface area contributed by atoms with Crippen molar-refractivity contribution in [2.75, 3.05) is 25.0 Å². The van der Waals surface area contributed by atoms with Gasteiger partial charge in [0.25, 0.3) is 10.0 Å². The van der Waals surface area contributed by atoms with Crippen molar-refractivity contribution in [3.63, 3.8) is 0 Å². The molecule has 0 fully saturated rings. The Labute approximate surface area is 176 Å². The maximum atomic E-state index is 13.1. The van der Waals surface area contributed by atoms with Gasteiger partial charge in [0.1, 0.15) is 23.5 Å².